The predicted molar refractivity (Wildman–Crippen MR) is 55.3 cm³/mol. The van der Waals surface area contributed by atoms with E-state index in [4.69, 9.17) is 0 Å². The van der Waals surface area contributed by atoms with Crippen LogP contribution in [0.4, 0.5) is 0 Å². The molecule has 14 heavy (non-hydrogen) atoms. The molecule has 6 heteroatoms. The Balaban J connectivity index is 4.00. The fourth-order valence-electron chi connectivity index (χ4n) is 0.992. The molecule has 0 unspecified atom stereocenters. The molecule has 0 spiro atoms. The molecular formula is C8H18N4O2. The molecule has 0 N–H and O–H groups in total. The van der Waals surface area contributed by atoms with Gasteiger partial charge in [0.05, 0.1) is 23.7 Å². The van der Waals surface area contributed by atoms with E-state index in [0.717, 1.165) is 0 Å². The summed E-state index contributed by atoms with van der Waals surface area (Å²) >= 11 is 0. The van der Waals surface area contributed by atoms with Crippen molar-refractivity contribution in [2.45, 2.75) is 39.8 Å². The lowest BCUT2D eigenvalue weighted by Gasteiger charge is -2.24. The van der Waals surface area contributed by atoms with E-state index in [1.165, 1.54) is 10.0 Å². The zero-order chi connectivity index (χ0) is 11.1. The molecular weight excluding hydrogens is 184 g/mol. The molecule has 0 heterocycles. The average Bonchev–Trinajstić information content (AvgIpc) is 2.11. The lowest BCUT2D eigenvalue weighted by Crippen LogP contribution is -2.35. The largest absolute Gasteiger partial charge is 0.257 e. The lowest BCUT2D eigenvalue weighted by atomic mass is 10.3. The van der Waals surface area contributed by atoms with E-state index in [9.17, 15) is 9.81 Å². The molecule has 0 aliphatic heterocycles. The van der Waals surface area contributed by atoms with Gasteiger partial charge < -0.3 is 0 Å². The van der Waals surface area contributed by atoms with Crippen LogP contribution in [0.5, 0.6) is 0 Å². The van der Waals surface area contributed by atoms with E-state index in [1.54, 1.807) is 0 Å². The van der Waals surface area contributed by atoms with E-state index in [2.05, 4.69) is 10.6 Å². The maximum absolute atomic E-state index is 10.4. The second kappa shape index (κ2) is 6.28. The van der Waals surface area contributed by atoms with E-state index in [-0.39, 0.29) is 12.1 Å². The summed E-state index contributed by atoms with van der Waals surface area (Å²) in [6, 6.07) is 0.0985. The third-order valence-electron chi connectivity index (χ3n) is 1.96. The smallest absolute Gasteiger partial charge is 0.0589 e. The van der Waals surface area contributed by atoms with Crippen molar-refractivity contribution in [3.8, 4) is 0 Å². The summed E-state index contributed by atoms with van der Waals surface area (Å²) in [6.45, 7) is 8.33. The van der Waals surface area contributed by atoms with Gasteiger partial charge in [0.1, 0.15) is 0 Å². The zero-order valence-corrected chi connectivity index (χ0v) is 9.17. The maximum Gasteiger partial charge on any atom is 0.0589 e. The van der Waals surface area contributed by atoms with Crippen LogP contribution in [0.2, 0.25) is 0 Å². The molecule has 0 aliphatic rings. The van der Waals surface area contributed by atoms with Gasteiger partial charge in [0.25, 0.3) is 0 Å². The predicted octanol–water partition coefficient (Wildman–Crippen LogP) is 1.77. The Morgan fingerprint density at radius 1 is 0.857 bits per heavy atom. The van der Waals surface area contributed by atoms with Crippen LogP contribution in [0.1, 0.15) is 27.7 Å². The molecule has 82 valence electrons. The third kappa shape index (κ3) is 4.15. The fraction of sp³-hybridized carbons (Fsp3) is 1.00. The van der Waals surface area contributed by atoms with Crippen LogP contribution in [0.25, 0.3) is 0 Å². The summed E-state index contributed by atoms with van der Waals surface area (Å²) in [6.07, 6.45) is 0. The molecule has 0 aromatic rings. The van der Waals surface area contributed by atoms with Crippen molar-refractivity contribution in [2.24, 2.45) is 10.6 Å². The Kier molecular flexibility index (Phi) is 5.74. The second-order valence-corrected chi connectivity index (χ2v) is 3.68. The van der Waals surface area contributed by atoms with E-state index in [1.807, 2.05) is 27.7 Å². The summed E-state index contributed by atoms with van der Waals surface area (Å²) < 4.78 is 0. The van der Waals surface area contributed by atoms with Crippen LogP contribution in [-0.4, -0.2) is 35.2 Å². The molecule has 6 nitrogen and oxygen atoms in total. The highest BCUT2D eigenvalue weighted by Crippen LogP contribution is 2.02. The van der Waals surface area contributed by atoms with Crippen molar-refractivity contribution in [1.29, 1.82) is 0 Å². The van der Waals surface area contributed by atoms with Crippen molar-refractivity contribution in [1.82, 2.24) is 10.0 Å². The highest BCUT2D eigenvalue weighted by Gasteiger charge is 2.12. The Morgan fingerprint density at radius 2 is 1.14 bits per heavy atom. The minimum absolute atomic E-state index is 0.0492. The van der Waals surface area contributed by atoms with E-state index < -0.39 is 0 Å². The van der Waals surface area contributed by atoms with E-state index >= 15 is 0 Å². The topological polar surface area (TPSA) is 65.3 Å². The summed E-state index contributed by atoms with van der Waals surface area (Å²) in [5.74, 6) is 0. The summed E-state index contributed by atoms with van der Waals surface area (Å²) in [4.78, 5) is 20.7. The minimum atomic E-state index is 0.0492. The molecule has 0 aliphatic carbocycles. The normalized spacial score (nSPS) is 10.4. The third-order valence-corrected chi connectivity index (χ3v) is 1.96. The summed E-state index contributed by atoms with van der Waals surface area (Å²) in [5, 5.41) is 8.51. The van der Waals surface area contributed by atoms with Crippen LogP contribution in [0.3, 0.4) is 0 Å². The first kappa shape index (κ1) is 12.8. The molecule has 0 aromatic heterocycles. The molecule has 0 atom stereocenters. The number of rotatable bonds is 7. The van der Waals surface area contributed by atoms with E-state index in [0.29, 0.717) is 13.1 Å². The Labute approximate surface area is 84.1 Å². The van der Waals surface area contributed by atoms with Crippen molar-refractivity contribution in [2.75, 3.05) is 13.1 Å². The number of hydrogen-bond donors (Lipinski definition) is 0. The van der Waals surface area contributed by atoms with Gasteiger partial charge >= 0.3 is 0 Å². The first-order valence-corrected chi connectivity index (χ1v) is 4.72. The monoisotopic (exact) mass is 202 g/mol. The van der Waals surface area contributed by atoms with Gasteiger partial charge in [0.2, 0.25) is 0 Å². The summed E-state index contributed by atoms with van der Waals surface area (Å²) in [7, 11) is 0. The molecule has 0 saturated heterocycles. The Bertz CT molecular complexity index is 164. The summed E-state index contributed by atoms with van der Waals surface area (Å²) in [5.41, 5.74) is 0. The zero-order valence-electron chi connectivity index (χ0n) is 9.17. The Morgan fingerprint density at radius 3 is 1.29 bits per heavy atom. The number of nitrogens with zero attached hydrogens (tertiary/aromatic N) is 4. The van der Waals surface area contributed by atoms with Gasteiger partial charge in [-0.05, 0) is 27.7 Å². The number of hydrogen-bond acceptors (Lipinski definition) is 4. The molecule has 0 saturated carbocycles. The van der Waals surface area contributed by atoms with Crippen molar-refractivity contribution < 1.29 is 0 Å². The van der Waals surface area contributed by atoms with Gasteiger partial charge in [-0.2, -0.15) is 0 Å². The van der Waals surface area contributed by atoms with Gasteiger partial charge in [-0.25, -0.2) is 0 Å². The standard InChI is InChI=1S/C8H18N4O2/c1-7(2)11(9-13)5-6-12(10-14)8(3)4/h7-8H,5-6H2,1-4H3. The van der Waals surface area contributed by atoms with Crippen molar-refractivity contribution >= 4 is 0 Å². The van der Waals surface area contributed by atoms with Crippen LogP contribution >= 0.6 is 0 Å². The van der Waals surface area contributed by atoms with Crippen LogP contribution in [0.15, 0.2) is 10.6 Å². The van der Waals surface area contributed by atoms with Gasteiger partial charge in [-0.3, -0.25) is 10.0 Å². The highest BCUT2D eigenvalue weighted by molar-refractivity contribution is 4.63. The van der Waals surface area contributed by atoms with Crippen LogP contribution < -0.4 is 0 Å². The lowest BCUT2D eigenvalue weighted by molar-refractivity contribution is 0.159. The van der Waals surface area contributed by atoms with Crippen molar-refractivity contribution in [3.63, 3.8) is 0 Å². The average molecular weight is 202 g/mol. The second-order valence-electron chi connectivity index (χ2n) is 3.68. The fourth-order valence-corrected chi connectivity index (χ4v) is 0.992. The van der Waals surface area contributed by atoms with Gasteiger partial charge in [-0.15, -0.1) is 9.81 Å². The first-order valence-electron chi connectivity index (χ1n) is 4.72. The van der Waals surface area contributed by atoms with Gasteiger partial charge in [0.15, 0.2) is 0 Å². The van der Waals surface area contributed by atoms with Crippen LogP contribution in [-0.2, 0) is 0 Å². The molecule has 0 aromatic carbocycles. The van der Waals surface area contributed by atoms with Crippen molar-refractivity contribution in [3.05, 3.63) is 9.81 Å². The Hall–Kier alpha value is -1.20. The number of nitroso groups, excluding NO2 is 2. The SMILES string of the molecule is CC(C)N(CCN(N=O)C(C)C)N=O. The maximum atomic E-state index is 10.4. The van der Waals surface area contributed by atoms with Gasteiger partial charge in [-0.1, -0.05) is 0 Å². The minimum Gasteiger partial charge on any atom is -0.257 e. The van der Waals surface area contributed by atoms with Gasteiger partial charge in [0, 0.05) is 12.1 Å². The molecule has 0 rings (SSSR count). The van der Waals surface area contributed by atoms with Crippen LogP contribution in [0, 0.1) is 9.81 Å². The highest BCUT2D eigenvalue weighted by atomic mass is 16.3. The molecule has 0 fully saturated rings. The molecule has 0 radical (unpaired) electrons. The molecule has 0 amide bonds. The molecule has 0 bridgehead atoms. The first-order chi connectivity index (χ1) is 6.52. The quantitative estimate of drug-likeness (QED) is 0.466.